The molecule has 0 aliphatic carbocycles. The van der Waals surface area contributed by atoms with Crippen LogP contribution in [-0.4, -0.2) is 40.7 Å². The Morgan fingerprint density at radius 1 is 1.24 bits per heavy atom. The third-order valence-electron chi connectivity index (χ3n) is 3.13. The van der Waals surface area contributed by atoms with Crippen LogP contribution < -0.4 is 14.8 Å². The number of rotatable bonds is 7. The van der Waals surface area contributed by atoms with E-state index in [9.17, 15) is 9.59 Å². The molecule has 1 aromatic heterocycles. The molecule has 2 N–H and O–H groups in total. The smallest absolute Gasteiger partial charge is 0.356 e. The summed E-state index contributed by atoms with van der Waals surface area (Å²) in [5.74, 6) is -0.801. The highest BCUT2D eigenvalue weighted by molar-refractivity contribution is 6.32. The van der Waals surface area contributed by atoms with Gasteiger partial charge in [-0.2, -0.15) is 0 Å². The largest absolute Gasteiger partial charge is 0.493 e. The zero-order chi connectivity index (χ0) is 18.4. The summed E-state index contributed by atoms with van der Waals surface area (Å²) in [4.78, 5) is 30.2. The summed E-state index contributed by atoms with van der Waals surface area (Å²) >= 11 is 6.18. The average molecular weight is 366 g/mol. The lowest BCUT2D eigenvalue weighted by Crippen LogP contribution is -2.24. The van der Waals surface area contributed by atoms with Gasteiger partial charge in [-0.3, -0.25) is 4.79 Å². The number of carboxylic acid groups (broad SMARTS) is 1. The molecule has 0 saturated heterocycles. The van der Waals surface area contributed by atoms with E-state index in [2.05, 4.69) is 15.3 Å². The first-order valence-corrected chi connectivity index (χ1v) is 7.66. The van der Waals surface area contributed by atoms with E-state index < -0.39 is 11.9 Å². The highest BCUT2D eigenvalue weighted by Gasteiger charge is 2.14. The first-order chi connectivity index (χ1) is 12.0. The van der Waals surface area contributed by atoms with Crippen LogP contribution in [0.4, 0.5) is 0 Å². The van der Waals surface area contributed by atoms with Crippen LogP contribution in [-0.2, 0) is 6.54 Å². The van der Waals surface area contributed by atoms with Crippen LogP contribution in [0.3, 0.4) is 0 Å². The molecule has 1 aromatic carbocycles. The number of aromatic nitrogens is 2. The minimum atomic E-state index is -1.21. The normalized spacial score (nSPS) is 10.2. The monoisotopic (exact) mass is 365 g/mol. The molecule has 0 unspecified atom stereocenters. The summed E-state index contributed by atoms with van der Waals surface area (Å²) in [6.07, 6.45) is 2.12. The van der Waals surface area contributed by atoms with Crippen LogP contribution >= 0.6 is 11.6 Å². The van der Waals surface area contributed by atoms with Gasteiger partial charge < -0.3 is 19.9 Å². The number of carboxylic acids is 1. The molecule has 0 atom stereocenters. The number of hydrogen-bond donors (Lipinski definition) is 2. The van der Waals surface area contributed by atoms with Crippen LogP contribution in [0, 0.1) is 0 Å². The molecular formula is C16H16ClN3O5. The lowest BCUT2D eigenvalue weighted by atomic mass is 10.2. The van der Waals surface area contributed by atoms with Gasteiger partial charge in [0, 0.05) is 6.54 Å². The van der Waals surface area contributed by atoms with Crippen molar-refractivity contribution in [1.82, 2.24) is 15.3 Å². The molecule has 132 valence electrons. The Labute approximate surface area is 148 Å². The van der Waals surface area contributed by atoms with Crippen molar-refractivity contribution >= 4 is 23.5 Å². The number of halogens is 1. The van der Waals surface area contributed by atoms with Crippen molar-refractivity contribution < 1.29 is 24.2 Å². The molecule has 0 bridgehead atoms. The highest BCUT2D eigenvalue weighted by atomic mass is 35.5. The quantitative estimate of drug-likeness (QED) is 0.773. The number of carbonyl (C=O) groups is 2. The molecule has 0 fully saturated rings. The number of carbonyl (C=O) groups excluding carboxylic acids is 1. The maximum absolute atomic E-state index is 12.1. The number of nitrogens with zero attached hydrogens (tertiary/aromatic N) is 2. The van der Waals surface area contributed by atoms with E-state index in [-0.39, 0.29) is 17.9 Å². The van der Waals surface area contributed by atoms with Gasteiger partial charge in [-0.15, -0.1) is 0 Å². The standard InChI is InChI=1S/C16H16ClN3O5/c1-3-25-14-10(17)4-9(5-13(14)24-2)6-20-15(21)11-7-19-12(8-18-11)16(22)23/h4-5,7-8H,3,6H2,1-2H3,(H,20,21)(H,22,23). The maximum Gasteiger partial charge on any atom is 0.356 e. The fraction of sp³-hybridized carbons (Fsp3) is 0.250. The summed E-state index contributed by atoms with van der Waals surface area (Å²) in [7, 11) is 1.50. The van der Waals surface area contributed by atoms with Crippen molar-refractivity contribution in [3.8, 4) is 11.5 Å². The lowest BCUT2D eigenvalue weighted by Gasteiger charge is -2.13. The summed E-state index contributed by atoms with van der Waals surface area (Å²) in [5.41, 5.74) is 0.474. The minimum Gasteiger partial charge on any atom is -0.493 e. The van der Waals surface area contributed by atoms with E-state index in [0.29, 0.717) is 28.7 Å². The van der Waals surface area contributed by atoms with E-state index in [0.717, 1.165) is 12.4 Å². The van der Waals surface area contributed by atoms with Gasteiger partial charge in [-0.05, 0) is 24.6 Å². The van der Waals surface area contributed by atoms with E-state index >= 15 is 0 Å². The molecule has 2 rings (SSSR count). The summed E-state index contributed by atoms with van der Waals surface area (Å²) < 4.78 is 10.7. The van der Waals surface area contributed by atoms with Crippen LogP contribution in [0.15, 0.2) is 24.5 Å². The van der Waals surface area contributed by atoms with Crippen molar-refractivity contribution in [3.63, 3.8) is 0 Å². The first kappa shape index (κ1) is 18.5. The van der Waals surface area contributed by atoms with Gasteiger partial charge in [0.1, 0.15) is 5.69 Å². The Hall–Kier alpha value is -2.87. The maximum atomic E-state index is 12.1. The number of ether oxygens (including phenoxy) is 2. The van der Waals surface area contributed by atoms with Crippen molar-refractivity contribution in [1.29, 1.82) is 0 Å². The number of benzene rings is 1. The predicted octanol–water partition coefficient (Wildman–Crippen LogP) is 2.17. The SMILES string of the molecule is CCOc1c(Cl)cc(CNC(=O)c2cnc(C(=O)O)cn2)cc1OC. The van der Waals surface area contributed by atoms with E-state index in [1.165, 1.54) is 7.11 Å². The molecule has 0 saturated carbocycles. The number of amides is 1. The van der Waals surface area contributed by atoms with Crippen molar-refractivity contribution in [3.05, 3.63) is 46.5 Å². The van der Waals surface area contributed by atoms with Crippen molar-refractivity contribution in [2.45, 2.75) is 13.5 Å². The van der Waals surface area contributed by atoms with Gasteiger partial charge in [0.05, 0.1) is 31.1 Å². The Morgan fingerprint density at radius 3 is 2.48 bits per heavy atom. The lowest BCUT2D eigenvalue weighted by molar-refractivity contribution is 0.0689. The Bertz CT molecular complexity index is 780. The molecule has 0 radical (unpaired) electrons. The van der Waals surface area contributed by atoms with E-state index in [4.69, 9.17) is 26.2 Å². The first-order valence-electron chi connectivity index (χ1n) is 7.29. The van der Waals surface area contributed by atoms with Crippen LogP contribution in [0.25, 0.3) is 0 Å². The zero-order valence-corrected chi connectivity index (χ0v) is 14.3. The highest BCUT2D eigenvalue weighted by Crippen LogP contribution is 2.36. The van der Waals surface area contributed by atoms with Crippen molar-refractivity contribution in [2.24, 2.45) is 0 Å². The van der Waals surface area contributed by atoms with Gasteiger partial charge in [0.15, 0.2) is 17.2 Å². The predicted molar refractivity (Wildman–Crippen MR) is 89.3 cm³/mol. The second-order valence-electron chi connectivity index (χ2n) is 4.82. The van der Waals surface area contributed by atoms with Gasteiger partial charge in [0.25, 0.3) is 5.91 Å². The molecule has 1 heterocycles. The molecular weight excluding hydrogens is 350 g/mol. The van der Waals surface area contributed by atoms with Crippen LogP contribution in [0.5, 0.6) is 11.5 Å². The number of methoxy groups -OCH3 is 1. The molecule has 25 heavy (non-hydrogen) atoms. The third-order valence-corrected chi connectivity index (χ3v) is 3.42. The zero-order valence-electron chi connectivity index (χ0n) is 13.6. The summed E-state index contributed by atoms with van der Waals surface area (Å²) in [5, 5.41) is 11.8. The van der Waals surface area contributed by atoms with E-state index in [1.807, 2.05) is 6.92 Å². The molecule has 8 nitrogen and oxygen atoms in total. The molecule has 2 aromatic rings. The number of hydrogen-bond acceptors (Lipinski definition) is 6. The summed E-state index contributed by atoms with van der Waals surface area (Å²) in [6, 6.07) is 3.37. The average Bonchev–Trinajstić information content (AvgIpc) is 2.61. The molecule has 0 spiro atoms. The topological polar surface area (TPSA) is 111 Å². The second-order valence-corrected chi connectivity index (χ2v) is 5.22. The minimum absolute atomic E-state index is 0.00833. The Morgan fingerprint density at radius 2 is 1.92 bits per heavy atom. The van der Waals surface area contributed by atoms with Crippen LogP contribution in [0.1, 0.15) is 33.5 Å². The van der Waals surface area contributed by atoms with Gasteiger partial charge in [-0.25, -0.2) is 14.8 Å². The van der Waals surface area contributed by atoms with E-state index in [1.54, 1.807) is 12.1 Å². The van der Waals surface area contributed by atoms with Gasteiger partial charge >= 0.3 is 5.97 Å². The van der Waals surface area contributed by atoms with Crippen LogP contribution in [0.2, 0.25) is 5.02 Å². The molecule has 0 aliphatic rings. The Balaban J connectivity index is 2.08. The van der Waals surface area contributed by atoms with Gasteiger partial charge in [0.2, 0.25) is 0 Å². The fourth-order valence-corrected chi connectivity index (χ4v) is 2.28. The number of aromatic carboxylic acids is 1. The summed E-state index contributed by atoms with van der Waals surface area (Å²) in [6.45, 7) is 2.45. The second kappa shape index (κ2) is 8.29. The molecule has 1 amide bonds. The molecule has 0 aliphatic heterocycles. The third kappa shape index (κ3) is 4.57. The van der Waals surface area contributed by atoms with Gasteiger partial charge in [-0.1, -0.05) is 11.6 Å². The fourth-order valence-electron chi connectivity index (χ4n) is 1.99. The van der Waals surface area contributed by atoms with Crippen molar-refractivity contribution in [2.75, 3.05) is 13.7 Å². The Kier molecular flexibility index (Phi) is 6.13. The number of nitrogens with one attached hydrogen (secondary N) is 1. The molecule has 9 heteroatoms.